The van der Waals surface area contributed by atoms with E-state index in [2.05, 4.69) is 5.32 Å². The molecule has 0 radical (unpaired) electrons. The van der Waals surface area contributed by atoms with Gasteiger partial charge in [0.25, 0.3) is 0 Å². The molecule has 1 amide bonds. The Labute approximate surface area is 119 Å². The number of benzene rings is 1. The molecule has 0 aliphatic carbocycles. The molecule has 0 spiro atoms. The summed E-state index contributed by atoms with van der Waals surface area (Å²) in [5, 5.41) is 11.8. The number of aromatic carboxylic acids is 1. The average Bonchev–Trinajstić information content (AvgIpc) is 2.45. The van der Waals surface area contributed by atoms with E-state index in [0.29, 0.717) is 18.5 Å². The summed E-state index contributed by atoms with van der Waals surface area (Å²) in [6, 6.07) is 6.27. The van der Waals surface area contributed by atoms with Gasteiger partial charge in [-0.3, -0.25) is 4.79 Å². The Hall–Kier alpha value is -1.88. The summed E-state index contributed by atoms with van der Waals surface area (Å²) < 4.78 is 0. The smallest absolute Gasteiger partial charge is 0.335 e. The maximum Gasteiger partial charge on any atom is 0.335 e. The van der Waals surface area contributed by atoms with Crippen molar-refractivity contribution in [2.75, 3.05) is 6.54 Å². The predicted molar refractivity (Wildman–Crippen MR) is 77.5 cm³/mol. The van der Waals surface area contributed by atoms with Crippen LogP contribution in [0, 0.1) is 5.92 Å². The number of nitrogens with two attached hydrogens (primary N) is 1. The molecule has 5 nitrogen and oxygen atoms in total. The van der Waals surface area contributed by atoms with Crippen LogP contribution in [0.1, 0.15) is 36.2 Å². The lowest BCUT2D eigenvalue weighted by atomic mass is 9.99. The molecule has 0 aromatic heterocycles. The van der Waals surface area contributed by atoms with E-state index in [1.165, 1.54) is 0 Å². The van der Waals surface area contributed by atoms with Crippen LogP contribution in [-0.2, 0) is 11.2 Å². The van der Waals surface area contributed by atoms with Crippen LogP contribution >= 0.6 is 0 Å². The van der Waals surface area contributed by atoms with Gasteiger partial charge in [-0.1, -0.05) is 38.5 Å². The largest absolute Gasteiger partial charge is 0.478 e. The van der Waals surface area contributed by atoms with Crippen LogP contribution in [0.2, 0.25) is 0 Å². The highest BCUT2D eigenvalue weighted by atomic mass is 16.4. The molecule has 0 aliphatic heterocycles. The van der Waals surface area contributed by atoms with Gasteiger partial charge in [0, 0.05) is 6.54 Å². The summed E-state index contributed by atoms with van der Waals surface area (Å²) in [5.41, 5.74) is 6.80. The molecule has 0 saturated carbocycles. The van der Waals surface area contributed by atoms with E-state index in [0.717, 1.165) is 6.42 Å². The number of carbonyl (C=O) groups is 2. The van der Waals surface area contributed by atoms with Gasteiger partial charge >= 0.3 is 5.97 Å². The van der Waals surface area contributed by atoms with E-state index in [-0.39, 0.29) is 17.4 Å². The van der Waals surface area contributed by atoms with Crippen LogP contribution in [0.15, 0.2) is 24.3 Å². The molecule has 0 bridgehead atoms. The summed E-state index contributed by atoms with van der Waals surface area (Å²) in [5.74, 6) is -1.02. The molecule has 1 aromatic rings. The van der Waals surface area contributed by atoms with Crippen LogP contribution in [0.5, 0.6) is 0 Å². The molecule has 110 valence electrons. The molecule has 20 heavy (non-hydrogen) atoms. The standard InChI is InChI=1S/C15H22N2O3/c1-3-10(2)13(16)14(18)17-9-8-11-6-4-5-7-12(11)15(19)20/h4-7,10,13H,3,8-9,16H2,1-2H3,(H,17,18)(H,19,20). The second-order valence-corrected chi connectivity index (χ2v) is 4.91. The van der Waals surface area contributed by atoms with E-state index in [4.69, 9.17) is 10.8 Å². The predicted octanol–water partition coefficient (Wildman–Crippen LogP) is 1.42. The first kappa shape index (κ1) is 16.2. The fourth-order valence-corrected chi connectivity index (χ4v) is 1.90. The van der Waals surface area contributed by atoms with Crippen molar-refractivity contribution >= 4 is 11.9 Å². The first-order chi connectivity index (χ1) is 9.47. The molecule has 5 heteroatoms. The molecule has 0 fully saturated rings. The van der Waals surface area contributed by atoms with Crippen molar-refractivity contribution in [1.29, 1.82) is 0 Å². The van der Waals surface area contributed by atoms with Gasteiger partial charge in [-0.05, 0) is 24.0 Å². The maximum atomic E-state index is 11.8. The van der Waals surface area contributed by atoms with Crippen LogP contribution in [0.25, 0.3) is 0 Å². The van der Waals surface area contributed by atoms with E-state index in [9.17, 15) is 9.59 Å². The summed E-state index contributed by atoms with van der Waals surface area (Å²) in [7, 11) is 0. The molecule has 2 atom stereocenters. The number of carbonyl (C=O) groups excluding carboxylic acids is 1. The van der Waals surface area contributed by atoms with Crippen molar-refractivity contribution < 1.29 is 14.7 Å². The van der Waals surface area contributed by atoms with Gasteiger partial charge in [0.05, 0.1) is 11.6 Å². The topological polar surface area (TPSA) is 92.4 Å². The van der Waals surface area contributed by atoms with Gasteiger partial charge < -0.3 is 16.2 Å². The minimum Gasteiger partial charge on any atom is -0.478 e. The second kappa shape index (κ2) is 7.65. The number of carboxylic acids is 1. The van der Waals surface area contributed by atoms with Gasteiger partial charge in [0.2, 0.25) is 5.91 Å². The van der Waals surface area contributed by atoms with Crippen LogP contribution in [-0.4, -0.2) is 29.6 Å². The zero-order valence-electron chi connectivity index (χ0n) is 11.9. The highest BCUT2D eigenvalue weighted by Crippen LogP contribution is 2.09. The lowest BCUT2D eigenvalue weighted by molar-refractivity contribution is -0.123. The molecule has 0 aliphatic rings. The SMILES string of the molecule is CCC(C)C(N)C(=O)NCCc1ccccc1C(=O)O. The van der Waals surface area contributed by atoms with Gasteiger partial charge in [-0.2, -0.15) is 0 Å². The van der Waals surface area contributed by atoms with E-state index in [1.807, 2.05) is 13.8 Å². The molecule has 4 N–H and O–H groups in total. The van der Waals surface area contributed by atoms with Crippen molar-refractivity contribution in [3.05, 3.63) is 35.4 Å². The lowest BCUT2D eigenvalue weighted by Gasteiger charge is -2.17. The number of rotatable bonds is 7. The Morgan fingerprint density at radius 1 is 1.35 bits per heavy atom. The normalized spacial score (nSPS) is 13.6. The number of hydrogen-bond acceptors (Lipinski definition) is 3. The van der Waals surface area contributed by atoms with Crippen molar-refractivity contribution in [1.82, 2.24) is 5.32 Å². The van der Waals surface area contributed by atoms with Crippen molar-refractivity contribution in [2.45, 2.75) is 32.7 Å². The Balaban J connectivity index is 2.53. The third kappa shape index (κ3) is 4.35. The zero-order chi connectivity index (χ0) is 15.1. The van der Waals surface area contributed by atoms with Gasteiger partial charge in [-0.15, -0.1) is 0 Å². The number of carboxylic acid groups (broad SMARTS) is 1. The number of hydrogen-bond donors (Lipinski definition) is 3. The number of amides is 1. The van der Waals surface area contributed by atoms with E-state index in [1.54, 1.807) is 24.3 Å². The van der Waals surface area contributed by atoms with Crippen LogP contribution < -0.4 is 11.1 Å². The fraction of sp³-hybridized carbons (Fsp3) is 0.467. The van der Waals surface area contributed by atoms with Gasteiger partial charge in [0.1, 0.15) is 0 Å². The first-order valence-electron chi connectivity index (χ1n) is 6.81. The summed E-state index contributed by atoms with van der Waals surface area (Å²) in [6.45, 7) is 4.30. The Kier molecular flexibility index (Phi) is 6.18. The van der Waals surface area contributed by atoms with Crippen LogP contribution in [0.4, 0.5) is 0 Å². The lowest BCUT2D eigenvalue weighted by Crippen LogP contribution is -2.45. The van der Waals surface area contributed by atoms with Crippen molar-refractivity contribution in [2.24, 2.45) is 11.7 Å². The van der Waals surface area contributed by atoms with Crippen LogP contribution in [0.3, 0.4) is 0 Å². The van der Waals surface area contributed by atoms with E-state index >= 15 is 0 Å². The number of nitrogens with one attached hydrogen (secondary N) is 1. The summed E-state index contributed by atoms with van der Waals surface area (Å²) >= 11 is 0. The Morgan fingerprint density at radius 2 is 2.00 bits per heavy atom. The first-order valence-corrected chi connectivity index (χ1v) is 6.81. The minimum atomic E-state index is -0.955. The zero-order valence-corrected chi connectivity index (χ0v) is 11.9. The van der Waals surface area contributed by atoms with Crippen molar-refractivity contribution in [3.63, 3.8) is 0 Å². The van der Waals surface area contributed by atoms with Gasteiger partial charge in [-0.25, -0.2) is 4.79 Å². The monoisotopic (exact) mass is 278 g/mol. The molecule has 1 rings (SSSR count). The summed E-state index contributed by atoms with van der Waals surface area (Å²) in [6.07, 6.45) is 1.32. The summed E-state index contributed by atoms with van der Waals surface area (Å²) in [4.78, 5) is 22.8. The third-order valence-electron chi connectivity index (χ3n) is 3.50. The average molecular weight is 278 g/mol. The fourth-order valence-electron chi connectivity index (χ4n) is 1.90. The maximum absolute atomic E-state index is 11.8. The van der Waals surface area contributed by atoms with Crippen molar-refractivity contribution in [3.8, 4) is 0 Å². The highest BCUT2D eigenvalue weighted by molar-refractivity contribution is 5.89. The molecule has 2 unspecified atom stereocenters. The minimum absolute atomic E-state index is 0.126. The molecular formula is C15H22N2O3. The molecule has 0 heterocycles. The Morgan fingerprint density at radius 3 is 2.60 bits per heavy atom. The van der Waals surface area contributed by atoms with E-state index < -0.39 is 12.0 Å². The van der Waals surface area contributed by atoms with Gasteiger partial charge in [0.15, 0.2) is 0 Å². The Bertz CT molecular complexity index is 474. The molecular weight excluding hydrogens is 256 g/mol. The third-order valence-corrected chi connectivity index (χ3v) is 3.50. The highest BCUT2D eigenvalue weighted by Gasteiger charge is 2.18. The second-order valence-electron chi connectivity index (χ2n) is 4.91. The molecule has 1 aromatic carbocycles. The quantitative estimate of drug-likeness (QED) is 0.703. The molecule has 0 saturated heterocycles.